The number of hydrogen-bond donors (Lipinski definition) is 1. The van der Waals surface area contributed by atoms with E-state index in [2.05, 4.69) is 36.2 Å². The minimum atomic E-state index is -0.555. The van der Waals surface area contributed by atoms with Crippen LogP contribution in [-0.4, -0.2) is 24.5 Å². The van der Waals surface area contributed by atoms with Gasteiger partial charge in [0.2, 0.25) is 0 Å². The third-order valence-corrected chi connectivity index (χ3v) is 5.19. The Labute approximate surface area is 166 Å². The van der Waals surface area contributed by atoms with Crippen molar-refractivity contribution < 1.29 is 14.3 Å². The maximum absolute atomic E-state index is 12.2. The van der Waals surface area contributed by atoms with Crippen LogP contribution in [0.15, 0.2) is 60.7 Å². The highest BCUT2D eigenvalue weighted by atomic mass is 16.5. The van der Waals surface area contributed by atoms with Crippen molar-refractivity contribution >= 4 is 11.9 Å². The first-order valence-electron chi connectivity index (χ1n) is 9.76. The largest absolute Gasteiger partial charge is 0.449 e. The van der Waals surface area contributed by atoms with Crippen molar-refractivity contribution in [2.75, 3.05) is 6.61 Å². The number of ether oxygens (including phenoxy) is 1. The van der Waals surface area contributed by atoms with E-state index in [9.17, 15) is 9.59 Å². The average Bonchev–Trinajstić information content (AvgIpc) is 3.00. The Bertz CT molecular complexity index is 841. The van der Waals surface area contributed by atoms with Crippen molar-refractivity contribution in [1.29, 1.82) is 0 Å². The Kier molecular flexibility index (Phi) is 6.30. The molecular formula is C24H27NO3. The third-order valence-electron chi connectivity index (χ3n) is 5.19. The summed E-state index contributed by atoms with van der Waals surface area (Å²) < 4.78 is 5.49. The van der Waals surface area contributed by atoms with Gasteiger partial charge in [-0.05, 0) is 48.9 Å². The number of Topliss-reactive ketones (excluding diaryl/α,β-unsaturated/α-hetero) is 1. The summed E-state index contributed by atoms with van der Waals surface area (Å²) in [6.45, 7) is 7.73. The molecule has 0 bridgehead atoms. The van der Waals surface area contributed by atoms with Gasteiger partial charge in [-0.2, -0.15) is 0 Å². The molecule has 0 aliphatic heterocycles. The Balaban J connectivity index is 1.56. The Morgan fingerprint density at radius 2 is 1.61 bits per heavy atom. The first-order chi connectivity index (χ1) is 13.5. The summed E-state index contributed by atoms with van der Waals surface area (Å²) in [5.41, 5.74) is 5.77. The number of nitrogens with one attached hydrogen (secondary N) is 1. The summed E-state index contributed by atoms with van der Waals surface area (Å²) in [6, 6.07) is 15.8. The molecule has 0 saturated heterocycles. The van der Waals surface area contributed by atoms with Crippen LogP contribution in [0.4, 0.5) is 4.79 Å². The van der Waals surface area contributed by atoms with Crippen molar-refractivity contribution in [2.24, 2.45) is 0 Å². The van der Waals surface area contributed by atoms with E-state index in [0.717, 1.165) is 18.4 Å². The van der Waals surface area contributed by atoms with Crippen LogP contribution in [0.3, 0.4) is 0 Å². The monoisotopic (exact) mass is 377 g/mol. The zero-order chi connectivity index (χ0) is 20.1. The van der Waals surface area contributed by atoms with Crippen molar-refractivity contribution in [3.63, 3.8) is 0 Å². The molecule has 1 amide bonds. The Morgan fingerprint density at radius 1 is 1.04 bits per heavy atom. The lowest BCUT2D eigenvalue weighted by Gasteiger charge is -2.17. The number of hydrogen-bond acceptors (Lipinski definition) is 3. The van der Waals surface area contributed by atoms with Gasteiger partial charge in [-0.1, -0.05) is 54.1 Å². The van der Waals surface area contributed by atoms with E-state index in [4.69, 9.17) is 4.74 Å². The highest BCUT2D eigenvalue weighted by Gasteiger charge is 2.29. The van der Waals surface area contributed by atoms with Crippen LogP contribution in [0.25, 0.3) is 11.1 Å². The van der Waals surface area contributed by atoms with E-state index in [1.807, 2.05) is 31.2 Å². The number of benzene rings is 2. The predicted octanol–water partition coefficient (Wildman–Crippen LogP) is 5.23. The number of alkyl carbamates (subject to hydrolysis) is 1. The molecule has 0 aromatic heterocycles. The molecule has 28 heavy (non-hydrogen) atoms. The van der Waals surface area contributed by atoms with E-state index in [0.29, 0.717) is 6.42 Å². The minimum absolute atomic E-state index is 0.00903. The van der Waals surface area contributed by atoms with Crippen LogP contribution in [0, 0.1) is 0 Å². The van der Waals surface area contributed by atoms with Gasteiger partial charge < -0.3 is 10.1 Å². The fourth-order valence-corrected chi connectivity index (χ4v) is 3.68. The van der Waals surface area contributed by atoms with Crippen LogP contribution in [0.5, 0.6) is 0 Å². The van der Waals surface area contributed by atoms with Gasteiger partial charge in [0.25, 0.3) is 0 Å². The Hall–Kier alpha value is -2.88. The molecule has 2 aromatic carbocycles. The molecule has 0 fully saturated rings. The average molecular weight is 377 g/mol. The molecule has 3 rings (SSSR count). The first kappa shape index (κ1) is 19.9. The maximum Gasteiger partial charge on any atom is 0.407 e. The van der Waals surface area contributed by atoms with Crippen LogP contribution in [0.2, 0.25) is 0 Å². The second kappa shape index (κ2) is 8.87. The molecule has 1 atom stereocenters. The smallest absolute Gasteiger partial charge is 0.407 e. The number of rotatable bonds is 8. The van der Waals surface area contributed by atoms with Gasteiger partial charge in [0.1, 0.15) is 6.61 Å². The maximum atomic E-state index is 12.2. The van der Waals surface area contributed by atoms with E-state index >= 15 is 0 Å². The molecule has 1 aliphatic rings. The van der Waals surface area contributed by atoms with Crippen LogP contribution in [-0.2, 0) is 9.53 Å². The number of fused-ring (bicyclic) bond motifs is 3. The van der Waals surface area contributed by atoms with Gasteiger partial charge >= 0.3 is 6.09 Å². The number of carbonyl (C=O) groups is 2. The summed E-state index contributed by atoms with van der Waals surface area (Å²) in [4.78, 5) is 24.4. The van der Waals surface area contributed by atoms with Crippen molar-refractivity contribution in [2.45, 2.75) is 45.1 Å². The van der Waals surface area contributed by atoms with E-state index in [-0.39, 0.29) is 18.3 Å². The summed E-state index contributed by atoms with van der Waals surface area (Å²) in [6.07, 6.45) is 1.45. The second-order valence-corrected chi connectivity index (χ2v) is 7.47. The van der Waals surface area contributed by atoms with Gasteiger partial charge in [-0.25, -0.2) is 4.79 Å². The second-order valence-electron chi connectivity index (χ2n) is 7.47. The summed E-state index contributed by atoms with van der Waals surface area (Å²) in [7, 11) is 0. The van der Waals surface area contributed by atoms with Crippen molar-refractivity contribution in [1.82, 2.24) is 5.32 Å². The van der Waals surface area contributed by atoms with Gasteiger partial charge in [-0.15, -0.1) is 6.58 Å². The lowest BCUT2D eigenvalue weighted by atomic mass is 9.98. The van der Waals surface area contributed by atoms with Gasteiger partial charge in [0.15, 0.2) is 5.78 Å². The third kappa shape index (κ3) is 4.50. The molecule has 4 nitrogen and oxygen atoms in total. The lowest BCUT2D eigenvalue weighted by Crippen LogP contribution is -2.39. The Morgan fingerprint density at radius 3 is 2.18 bits per heavy atom. The molecule has 0 saturated carbocycles. The predicted molar refractivity (Wildman–Crippen MR) is 111 cm³/mol. The van der Waals surface area contributed by atoms with Crippen LogP contribution in [0.1, 0.15) is 50.2 Å². The van der Waals surface area contributed by atoms with Gasteiger partial charge in [-0.3, -0.25) is 4.79 Å². The molecule has 0 spiro atoms. The number of allylic oxidation sites excluding steroid dienone is 1. The van der Waals surface area contributed by atoms with Crippen LogP contribution >= 0.6 is 0 Å². The quantitative estimate of drug-likeness (QED) is 0.641. The molecule has 2 aromatic rings. The summed E-state index contributed by atoms with van der Waals surface area (Å²) in [5, 5.41) is 2.66. The van der Waals surface area contributed by atoms with E-state index < -0.39 is 12.1 Å². The van der Waals surface area contributed by atoms with Crippen molar-refractivity contribution in [3.8, 4) is 11.1 Å². The zero-order valence-corrected chi connectivity index (χ0v) is 16.5. The zero-order valence-electron chi connectivity index (χ0n) is 16.5. The highest BCUT2D eigenvalue weighted by molar-refractivity contribution is 5.87. The number of ketones is 1. The summed E-state index contributed by atoms with van der Waals surface area (Å²) >= 11 is 0. The molecule has 1 aliphatic carbocycles. The number of carbonyl (C=O) groups excluding carboxylic acids is 2. The number of amides is 1. The molecule has 146 valence electrons. The van der Waals surface area contributed by atoms with Crippen LogP contribution < -0.4 is 5.32 Å². The molecule has 0 radical (unpaired) electrons. The molecule has 0 heterocycles. The standard InChI is InChI=1S/C24H27NO3/c1-16(2)9-8-14-23(26)17(3)25-24(27)28-15-22-20-12-6-4-10-18(20)19-11-5-7-13-21(19)22/h4-7,10-13,17,22H,1,8-9,14-15H2,2-3H3,(H,25,27). The normalized spacial score (nSPS) is 13.4. The SMILES string of the molecule is C=C(C)CCCC(=O)C(C)NC(=O)OCC1c2ccccc2-c2ccccc21. The fourth-order valence-electron chi connectivity index (χ4n) is 3.68. The van der Waals surface area contributed by atoms with Gasteiger partial charge in [0.05, 0.1) is 6.04 Å². The minimum Gasteiger partial charge on any atom is -0.449 e. The van der Waals surface area contributed by atoms with E-state index in [1.165, 1.54) is 22.3 Å². The molecule has 1 unspecified atom stereocenters. The van der Waals surface area contributed by atoms with Gasteiger partial charge in [0, 0.05) is 12.3 Å². The molecular weight excluding hydrogens is 350 g/mol. The highest BCUT2D eigenvalue weighted by Crippen LogP contribution is 2.44. The first-order valence-corrected chi connectivity index (χ1v) is 9.76. The molecule has 4 heteroatoms. The topological polar surface area (TPSA) is 55.4 Å². The van der Waals surface area contributed by atoms with E-state index in [1.54, 1.807) is 6.92 Å². The summed E-state index contributed by atoms with van der Waals surface area (Å²) in [5.74, 6) is 0.0227. The lowest BCUT2D eigenvalue weighted by molar-refractivity contribution is -0.120. The molecule has 1 N–H and O–H groups in total. The van der Waals surface area contributed by atoms with Crippen molar-refractivity contribution in [3.05, 3.63) is 71.8 Å². The fraction of sp³-hybridized carbons (Fsp3) is 0.333.